The van der Waals surface area contributed by atoms with Crippen LogP contribution >= 0.6 is 0 Å². The minimum atomic E-state index is -5.04. The van der Waals surface area contributed by atoms with Crippen molar-refractivity contribution in [1.82, 2.24) is 30.8 Å². The lowest BCUT2D eigenvalue weighted by atomic mass is 10.0. The van der Waals surface area contributed by atoms with Crippen molar-refractivity contribution in [3.63, 3.8) is 0 Å². The molecular formula is C40H41F5N8O8. The van der Waals surface area contributed by atoms with Crippen LogP contribution in [0.1, 0.15) is 95.9 Å². The number of aromatic nitrogens is 2. The molecule has 2 aliphatic rings. The largest absolute Gasteiger partial charge is 0.483 e. The molecule has 1 saturated heterocycles. The summed E-state index contributed by atoms with van der Waals surface area (Å²) in [7, 11) is 0. The first kappa shape index (κ1) is 43.9. The van der Waals surface area contributed by atoms with E-state index in [4.69, 9.17) is 9.15 Å². The lowest BCUT2D eigenvalue weighted by molar-refractivity contribution is -0.158. The van der Waals surface area contributed by atoms with E-state index >= 15 is 0 Å². The van der Waals surface area contributed by atoms with Gasteiger partial charge in [0.05, 0.1) is 29.2 Å². The molecule has 2 aromatic carbocycles. The SMILES string of the molecule is Cc1c([C@@H](NC(=O)Nc2cnc(NCCCCCCCCCNC(=O)COc3cccc4c3C(=O)N(C3CCC(=O)NC3=O)C4=O)nc2)C(F)(F)F)oc2c(F)cc(F)cc12. The van der Waals surface area contributed by atoms with E-state index in [1.807, 2.05) is 0 Å². The van der Waals surface area contributed by atoms with Crippen LogP contribution in [0.3, 0.4) is 0 Å². The number of fused-ring (bicyclic) bond motifs is 2. The highest BCUT2D eigenvalue weighted by Crippen LogP contribution is 2.39. The first-order chi connectivity index (χ1) is 29.1. The second-order valence-electron chi connectivity index (χ2n) is 14.4. The van der Waals surface area contributed by atoms with E-state index < -0.39 is 76.8 Å². The molecular weight excluding hydrogens is 815 g/mol. The zero-order chi connectivity index (χ0) is 43.8. The average Bonchev–Trinajstić information content (AvgIpc) is 3.67. The van der Waals surface area contributed by atoms with Crippen molar-refractivity contribution in [2.45, 2.75) is 83.0 Å². The first-order valence-corrected chi connectivity index (χ1v) is 19.4. The lowest BCUT2D eigenvalue weighted by Gasteiger charge is -2.27. The fraction of sp³-hybridized carbons (Fsp3) is 0.400. The van der Waals surface area contributed by atoms with Crippen LogP contribution in [-0.2, 0) is 14.4 Å². The number of hydrogen-bond acceptors (Lipinski definition) is 11. The number of amides is 7. The van der Waals surface area contributed by atoms with Crippen molar-refractivity contribution < 1.29 is 59.9 Å². The van der Waals surface area contributed by atoms with Gasteiger partial charge in [-0.3, -0.25) is 34.2 Å². The van der Waals surface area contributed by atoms with Gasteiger partial charge < -0.3 is 30.4 Å². The molecule has 0 spiro atoms. The van der Waals surface area contributed by atoms with Crippen molar-refractivity contribution in [1.29, 1.82) is 0 Å². The average molecular weight is 857 g/mol. The van der Waals surface area contributed by atoms with Crippen LogP contribution in [0.2, 0.25) is 0 Å². The Balaban J connectivity index is 0.822. The van der Waals surface area contributed by atoms with Crippen LogP contribution in [0.25, 0.3) is 11.0 Å². The van der Waals surface area contributed by atoms with Gasteiger partial charge in [0, 0.05) is 36.5 Å². The first-order valence-electron chi connectivity index (χ1n) is 19.4. The van der Waals surface area contributed by atoms with E-state index in [-0.39, 0.29) is 58.9 Å². The molecule has 2 aliphatic heterocycles. The molecule has 1 unspecified atom stereocenters. The standard InChI is InChI=1S/C40H41F5N8O8/c1-21-25-16-22(41)17-26(42)33(25)61-32(21)34(40(43,44)45)52-39(59)50-23-18-48-38(49-19-23)47-15-8-6-4-2-3-5-7-14-46-30(55)20-60-28-11-9-10-24-31(28)37(58)53(36(24)57)27-12-13-29(54)51-35(27)56/h9-11,16-19,27,34H,2-8,12-15,20H2,1H3,(H,46,55)(H,47,48,49)(H2,50,52,59)(H,51,54,56)/t27?,34-/m1/s1. The summed E-state index contributed by atoms with van der Waals surface area (Å²) < 4.78 is 80.4. The maximum Gasteiger partial charge on any atom is 0.416 e. The molecule has 0 radical (unpaired) electrons. The van der Waals surface area contributed by atoms with Gasteiger partial charge in [0.25, 0.3) is 17.7 Å². The highest BCUT2D eigenvalue weighted by atomic mass is 19.4. The van der Waals surface area contributed by atoms with Crippen molar-refractivity contribution in [3.8, 4) is 5.75 Å². The summed E-state index contributed by atoms with van der Waals surface area (Å²) in [6, 6.07) is 0.695. The Hall–Kier alpha value is -6.67. The minimum Gasteiger partial charge on any atom is -0.483 e. The van der Waals surface area contributed by atoms with Crippen molar-refractivity contribution in [3.05, 3.63) is 76.8 Å². The summed E-state index contributed by atoms with van der Waals surface area (Å²) in [5.74, 6) is -5.69. The number of piperidine rings is 1. The van der Waals surface area contributed by atoms with Crippen molar-refractivity contribution >= 4 is 58.2 Å². The Morgan fingerprint density at radius 1 is 0.967 bits per heavy atom. The summed E-state index contributed by atoms with van der Waals surface area (Å²) in [4.78, 5) is 83.9. The summed E-state index contributed by atoms with van der Waals surface area (Å²) in [6.45, 7) is 1.78. The molecule has 324 valence electrons. The van der Waals surface area contributed by atoms with Gasteiger partial charge in [0.1, 0.15) is 23.4 Å². The third-order valence-corrected chi connectivity index (χ3v) is 10.0. The minimum absolute atomic E-state index is 0.000547. The zero-order valence-corrected chi connectivity index (χ0v) is 32.7. The number of aryl methyl sites for hydroxylation is 1. The Labute approximate surface area is 344 Å². The Kier molecular flexibility index (Phi) is 13.8. The van der Waals surface area contributed by atoms with E-state index in [0.717, 1.165) is 55.9 Å². The quantitative estimate of drug-likeness (QED) is 0.0447. The van der Waals surface area contributed by atoms with Gasteiger partial charge in [-0.15, -0.1) is 0 Å². The van der Waals surface area contributed by atoms with Crippen LogP contribution < -0.4 is 31.3 Å². The van der Waals surface area contributed by atoms with E-state index in [0.29, 0.717) is 19.2 Å². The van der Waals surface area contributed by atoms with Gasteiger partial charge in [-0.05, 0) is 44.4 Å². The van der Waals surface area contributed by atoms with Crippen molar-refractivity contribution in [2.75, 3.05) is 30.3 Å². The number of unbranched alkanes of at least 4 members (excludes halogenated alkanes) is 6. The molecule has 2 atom stereocenters. The van der Waals surface area contributed by atoms with Crippen LogP contribution in [0.5, 0.6) is 5.75 Å². The van der Waals surface area contributed by atoms with Crippen LogP contribution in [0, 0.1) is 18.6 Å². The van der Waals surface area contributed by atoms with E-state index in [1.54, 1.807) is 5.32 Å². The number of halogens is 5. The maximum absolute atomic E-state index is 14.2. The third-order valence-electron chi connectivity index (χ3n) is 10.0. The topological polar surface area (TPSA) is 214 Å². The van der Waals surface area contributed by atoms with Gasteiger partial charge in [0.2, 0.25) is 17.8 Å². The van der Waals surface area contributed by atoms with Crippen molar-refractivity contribution in [2.24, 2.45) is 0 Å². The molecule has 21 heteroatoms. The highest BCUT2D eigenvalue weighted by Gasteiger charge is 2.47. The molecule has 0 aliphatic carbocycles. The predicted molar refractivity (Wildman–Crippen MR) is 206 cm³/mol. The molecule has 16 nitrogen and oxygen atoms in total. The Bertz CT molecular complexity index is 2320. The fourth-order valence-electron chi connectivity index (χ4n) is 6.98. The number of urea groups is 1. The molecule has 0 bridgehead atoms. The molecule has 4 heterocycles. The summed E-state index contributed by atoms with van der Waals surface area (Å²) >= 11 is 0. The number of furan rings is 1. The Morgan fingerprint density at radius 3 is 2.34 bits per heavy atom. The smallest absolute Gasteiger partial charge is 0.416 e. The monoisotopic (exact) mass is 856 g/mol. The normalized spacial score (nSPS) is 15.7. The molecule has 7 amide bonds. The number of alkyl halides is 3. The predicted octanol–water partition coefficient (Wildman–Crippen LogP) is 5.97. The number of carbonyl (C=O) groups is 6. The number of anilines is 2. The number of benzene rings is 2. The molecule has 5 N–H and O–H groups in total. The summed E-state index contributed by atoms with van der Waals surface area (Å²) in [6.07, 6.45) is 3.59. The van der Waals surface area contributed by atoms with E-state index in [1.165, 1.54) is 37.5 Å². The molecule has 2 aromatic heterocycles. The van der Waals surface area contributed by atoms with Gasteiger partial charge in [-0.2, -0.15) is 13.2 Å². The number of hydrogen-bond donors (Lipinski definition) is 5. The van der Waals surface area contributed by atoms with Crippen LogP contribution in [-0.4, -0.2) is 82.3 Å². The highest BCUT2D eigenvalue weighted by molar-refractivity contribution is 6.24. The number of nitrogens with zero attached hydrogens (tertiary/aromatic N) is 3. The van der Waals surface area contributed by atoms with Crippen LogP contribution in [0.15, 0.2) is 47.1 Å². The number of rotatable bonds is 18. The fourth-order valence-corrected chi connectivity index (χ4v) is 6.98. The second kappa shape index (κ2) is 19.1. The number of carbonyl (C=O) groups excluding carboxylic acids is 6. The molecule has 6 rings (SSSR count). The van der Waals surface area contributed by atoms with Crippen LogP contribution in [0.4, 0.5) is 38.4 Å². The summed E-state index contributed by atoms with van der Waals surface area (Å²) in [5.41, 5.74) is -0.732. The van der Waals surface area contributed by atoms with Gasteiger partial charge in [-0.25, -0.2) is 23.5 Å². The maximum atomic E-state index is 14.2. The van der Waals surface area contributed by atoms with Gasteiger partial charge in [-0.1, -0.05) is 38.2 Å². The van der Waals surface area contributed by atoms with E-state index in [2.05, 4.69) is 31.2 Å². The Morgan fingerprint density at radius 2 is 1.66 bits per heavy atom. The lowest BCUT2D eigenvalue weighted by Crippen LogP contribution is -2.54. The number of ether oxygens (including phenoxy) is 1. The van der Waals surface area contributed by atoms with Gasteiger partial charge in [0.15, 0.2) is 24.0 Å². The number of nitrogens with one attached hydrogen (secondary N) is 5. The zero-order valence-electron chi connectivity index (χ0n) is 32.7. The number of imide groups is 2. The molecule has 4 aromatic rings. The summed E-state index contributed by atoms with van der Waals surface area (Å²) in [5, 5.41) is 11.7. The third kappa shape index (κ3) is 10.6. The molecule has 61 heavy (non-hydrogen) atoms. The van der Waals surface area contributed by atoms with E-state index in [9.17, 15) is 50.7 Å². The van der Waals surface area contributed by atoms with Gasteiger partial charge >= 0.3 is 12.2 Å². The second-order valence-corrected chi connectivity index (χ2v) is 14.4. The molecule has 1 fully saturated rings. The molecule has 0 saturated carbocycles.